The SMILES string of the molecule is CC(O)c1cccc(N2Cc3cnc(-c4ccccc4)nc3C2)n1. The van der Waals surface area contributed by atoms with Crippen molar-refractivity contribution in [3.8, 4) is 11.4 Å². The number of rotatable bonds is 3. The average Bonchev–Trinajstić information content (AvgIpc) is 3.06. The van der Waals surface area contributed by atoms with Gasteiger partial charge in [0, 0.05) is 23.9 Å². The van der Waals surface area contributed by atoms with Crippen molar-refractivity contribution >= 4 is 5.82 Å². The Balaban J connectivity index is 1.61. The molecule has 0 radical (unpaired) electrons. The van der Waals surface area contributed by atoms with Crippen LogP contribution in [0.4, 0.5) is 5.82 Å². The number of aromatic nitrogens is 3. The molecule has 0 spiro atoms. The molecule has 0 bridgehead atoms. The summed E-state index contributed by atoms with van der Waals surface area (Å²) >= 11 is 0. The molecule has 0 saturated carbocycles. The minimum Gasteiger partial charge on any atom is -0.387 e. The van der Waals surface area contributed by atoms with Gasteiger partial charge in [0.15, 0.2) is 5.82 Å². The van der Waals surface area contributed by atoms with Crippen LogP contribution in [0, 0.1) is 0 Å². The molecular weight excluding hydrogens is 300 g/mol. The number of aliphatic hydroxyl groups excluding tert-OH is 1. The van der Waals surface area contributed by atoms with Crippen LogP contribution in [0.2, 0.25) is 0 Å². The van der Waals surface area contributed by atoms with Gasteiger partial charge in [0.2, 0.25) is 0 Å². The molecule has 1 aliphatic heterocycles. The predicted molar refractivity (Wildman–Crippen MR) is 92.2 cm³/mol. The van der Waals surface area contributed by atoms with E-state index in [1.54, 1.807) is 6.92 Å². The van der Waals surface area contributed by atoms with Crippen LogP contribution in [-0.4, -0.2) is 20.1 Å². The highest BCUT2D eigenvalue weighted by Crippen LogP contribution is 2.27. The smallest absolute Gasteiger partial charge is 0.159 e. The minimum atomic E-state index is -0.570. The van der Waals surface area contributed by atoms with Gasteiger partial charge in [-0.15, -0.1) is 0 Å². The second-order valence-corrected chi connectivity index (χ2v) is 5.98. The lowest BCUT2D eigenvalue weighted by atomic mass is 10.2. The van der Waals surface area contributed by atoms with Gasteiger partial charge in [0.05, 0.1) is 24.0 Å². The third kappa shape index (κ3) is 2.74. The summed E-state index contributed by atoms with van der Waals surface area (Å²) in [6.45, 7) is 3.16. The van der Waals surface area contributed by atoms with Crippen molar-refractivity contribution in [3.63, 3.8) is 0 Å². The van der Waals surface area contributed by atoms with Gasteiger partial charge in [-0.3, -0.25) is 0 Å². The molecule has 0 saturated heterocycles. The highest BCUT2D eigenvalue weighted by atomic mass is 16.3. The van der Waals surface area contributed by atoms with Gasteiger partial charge in [-0.05, 0) is 19.1 Å². The lowest BCUT2D eigenvalue weighted by Gasteiger charge is -2.17. The van der Waals surface area contributed by atoms with Crippen molar-refractivity contribution in [2.24, 2.45) is 0 Å². The molecule has 24 heavy (non-hydrogen) atoms. The zero-order chi connectivity index (χ0) is 16.5. The van der Waals surface area contributed by atoms with Crippen molar-refractivity contribution in [1.29, 1.82) is 0 Å². The van der Waals surface area contributed by atoms with E-state index >= 15 is 0 Å². The summed E-state index contributed by atoms with van der Waals surface area (Å²) in [6.07, 6.45) is 1.34. The number of hydrogen-bond donors (Lipinski definition) is 1. The number of nitrogens with zero attached hydrogens (tertiary/aromatic N) is 4. The highest BCUT2D eigenvalue weighted by molar-refractivity contribution is 5.56. The monoisotopic (exact) mass is 318 g/mol. The molecule has 4 rings (SSSR count). The maximum atomic E-state index is 9.72. The number of aliphatic hydroxyl groups is 1. The molecule has 1 atom stereocenters. The standard InChI is InChI=1S/C19H18N4O/c1-13(24)16-8-5-9-18(21-16)23-11-15-10-20-19(22-17(15)12-23)14-6-3-2-4-7-14/h2-10,13,24H,11-12H2,1H3. The molecule has 0 fully saturated rings. The van der Waals surface area contributed by atoms with Gasteiger partial charge in [0.25, 0.3) is 0 Å². The minimum absolute atomic E-state index is 0.570. The number of benzene rings is 1. The number of anilines is 1. The van der Waals surface area contributed by atoms with E-state index in [-0.39, 0.29) is 0 Å². The molecule has 3 aromatic rings. The highest BCUT2D eigenvalue weighted by Gasteiger charge is 2.23. The lowest BCUT2D eigenvalue weighted by molar-refractivity contribution is 0.194. The van der Waals surface area contributed by atoms with E-state index in [1.807, 2.05) is 54.7 Å². The summed E-state index contributed by atoms with van der Waals surface area (Å²) in [7, 11) is 0. The van der Waals surface area contributed by atoms with E-state index in [1.165, 1.54) is 0 Å². The van der Waals surface area contributed by atoms with Crippen molar-refractivity contribution in [2.45, 2.75) is 26.1 Å². The Labute approximate surface area is 140 Å². The molecule has 1 aliphatic rings. The van der Waals surface area contributed by atoms with Gasteiger partial charge in [-0.25, -0.2) is 15.0 Å². The molecule has 2 aromatic heterocycles. The first-order valence-electron chi connectivity index (χ1n) is 8.01. The van der Waals surface area contributed by atoms with Crippen LogP contribution in [-0.2, 0) is 13.1 Å². The third-order valence-corrected chi connectivity index (χ3v) is 4.20. The van der Waals surface area contributed by atoms with Crippen LogP contribution in [0.1, 0.15) is 30.0 Å². The zero-order valence-electron chi connectivity index (χ0n) is 13.4. The normalized spacial score (nSPS) is 14.5. The van der Waals surface area contributed by atoms with Gasteiger partial charge < -0.3 is 10.0 Å². The molecule has 1 N–H and O–H groups in total. The van der Waals surface area contributed by atoms with Crippen LogP contribution < -0.4 is 4.90 Å². The van der Waals surface area contributed by atoms with Crippen molar-refractivity contribution < 1.29 is 5.11 Å². The summed E-state index contributed by atoms with van der Waals surface area (Å²) in [5.74, 6) is 1.61. The van der Waals surface area contributed by atoms with E-state index in [9.17, 15) is 5.11 Å². The van der Waals surface area contributed by atoms with Crippen LogP contribution >= 0.6 is 0 Å². The second-order valence-electron chi connectivity index (χ2n) is 5.98. The van der Waals surface area contributed by atoms with E-state index in [0.29, 0.717) is 12.2 Å². The Bertz CT molecular complexity index is 864. The molecule has 1 unspecified atom stereocenters. The van der Waals surface area contributed by atoms with Crippen LogP contribution in [0.3, 0.4) is 0 Å². The Morgan fingerprint density at radius 3 is 2.62 bits per heavy atom. The summed E-state index contributed by atoms with van der Waals surface area (Å²) in [5, 5.41) is 9.72. The third-order valence-electron chi connectivity index (χ3n) is 4.20. The molecule has 0 amide bonds. The predicted octanol–water partition coefficient (Wildman–Crippen LogP) is 3.11. The first kappa shape index (κ1) is 14.8. The molecule has 1 aromatic carbocycles. The zero-order valence-corrected chi connectivity index (χ0v) is 13.4. The van der Waals surface area contributed by atoms with Crippen LogP contribution in [0.5, 0.6) is 0 Å². The Kier molecular flexibility index (Phi) is 3.70. The Morgan fingerprint density at radius 2 is 1.83 bits per heavy atom. The Hall–Kier alpha value is -2.79. The molecular formula is C19H18N4O. The van der Waals surface area contributed by atoms with E-state index in [4.69, 9.17) is 4.98 Å². The van der Waals surface area contributed by atoms with Gasteiger partial charge in [0.1, 0.15) is 5.82 Å². The first-order chi connectivity index (χ1) is 11.7. The quantitative estimate of drug-likeness (QED) is 0.804. The van der Waals surface area contributed by atoms with E-state index in [0.717, 1.165) is 35.0 Å². The Morgan fingerprint density at radius 1 is 1.00 bits per heavy atom. The maximum absolute atomic E-state index is 9.72. The number of fused-ring (bicyclic) bond motifs is 1. The van der Waals surface area contributed by atoms with Crippen LogP contribution in [0.25, 0.3) is 11.4 Å². The van der Waals surface area contributed by atoms with E-state index < -0.39 is 6.10 Å². The lowest BCUT2D eigenvalue weighted by Crippen LogP contribution is -2.16. The second kappa shape index (κ2) is 6.02. The molecule has 0 aliphatic carbocycles. The fourth-order valence-electron chi connectivity index (χ4n) is 2.89. The fraction of sp³-hybridized carbons (Fsp3) is 0.211. The summed E-state index contributed by atoms with van der Waals surface area (Å²) in [4.78, 5) is 15.9. The summed E-state index contributed by atoms with van der Waals surface area (Å²) in [5.41, 5.74) is 3.86. The summed E-state index contributed by atoms with van der Waals surface area (Å²) < 4.78 is 0. The van der Waals surface area contributed by atoms with Gasteiger partial charge in [-0.2, -0.15) is 0 Å². The number of hydrogen-bond acceptors (Lipinski definition) is 5. The van der Waals surface area contributed by atoms with Crippen molar-refractivity contribution in [3.05, 3.63) is 71.7 Å². The van der Waals surface area contributed by atoms with E-state index in [2.05, 4.69) is 14.9 Å². The van der Waals surface area contributed by atoms with Crippen LogP contribution in [0.15, 0.2) is 54.7 Å². The maximum Gasteiger partial charge on any atom is 0.159 e. The fourth-order valence-corrected chi connectivity index (χ4v) is 2.89. The molecule has 5 nitrogen and oxygen atoms in total. The molecule has 120 valence electrons. The summed E-state index contributed by atoms with van der Waals surface area (Å²) in [6, 6.07) is 15.7. The van der Waals surface area contributed by atoms with Crippen molar-refractivity contribution in [2.75, 3.05) is 4.90 Å². The molecule has 5 heteroatoms. The molecule has 3 heterocycles. The largest absolute Gasteiger partial charge is 0.387 e. The first-order valence-corrected chi connectivity index (χ1v) is 8.01. The van der Waals surface area contributed by atoms with Gasteiger partial charge in [-0.1, -0.05) is 36.4 Å². The topological polar surface area (TPSA) is 62.1 Å². The average molecular weight is 318 g/mol. The van der Waals surface area contributed by atoms with Crippen molar-refractivity contribution in [1.82, 2.24) is 15.0 Å². The number of pyridine rings is 1. The van der Waals surface area contributed by atoms with Gasteiger partial charge >= 0.3 is 0 Å².